The highest BCUT2D eigenvalue weighted by Crippen LogP contribution is 2.29. The molecule has 1 heterocycles. The fraction of sp³-hybridized carbons (Fsp3) is 0.227. The molecule has 7 heteroatoms. The van der Waals surface area contributed by atoms with Crippen LogP contribution in [0.15, 0.2) is 51.7 Å². The molecular weight excluding hydrogens is 374 g/mol. The van der Waals surface area contributed by atoms with Gasteiger partial charge in [-0.15, -0.1) is 0 Å². The Labute approximate surface area is 166 Å². The lowest BCUT2D eigenvalue weighted by atomic mass is 10.0. The van der Waals surface area contributed by atoms with E-state index in [0.717, 1.165) is 0 Å². The number of nitrogens with one attached hydrogen (secondary N) is 1. The second-order valence-corrected chi connectivity index (χ2v) is 6.67. The fourth-order valence-corrected chi connectivity index (χ4v) is 3.29. The second-order valence-electron chi connectivity index (χ2n) is 6.67. The fourth-order valence-electron chi connectivity index (χ4n) is 3.29. The number of carbonyl (C=O) groups is 2. The van der Waals surface area contributed by atoms with E-state index in [1.54, 1.807) is 56.3 Å². The van der Waals surface area contributed by atoms with Crippen LogP contribution in [0.3, 0.4) is 0 Å². The van der Waals surface area contributed by atoms with Gasteiger partial charge < -0.3 is 24.4 Å². The zero-order valence-corrected chi connectivity index (χ0v) is 16.3. The average molecular weight is 394 g/mol. The summed E-state index contributed by atoms with van der Waals surface area (Å²) in [6, 6.07) is 10.4. The number of carboxylic acid groups (broad SMARTS) is 1. The monoisotopic (exact) mass is 394 g/mol. The van der Waals surface area contributed by atoms with E-state index in [2.05, 4.69) is 5.32 Å². The van der Waals surface area contributed by atoms with E-state index < -0.39 is 23.5 Å². The van der Waals surface area contributed by atoms with Gasteiger partial charge in [0, 0.05) is 10.9 Å². The Morgan fingerprint density at radius 3 is 2.41 bits per heavy atom. The summed E-state index contributed by atoms with van der Waals surface area (Å²) in [4.78, 5) is 36.5. The number of carbonyl (C=O) groups excluding carboxylic acids is 2. The highest BCUT2D eigenvalue weighted by Gasteiger charge is 2.20. The molecule has 0 saturated carbocycles. The molecule has 0 spiro atoms. The molecule has 3 aromatic rings. The molecule has 0 bridgehead atoms. The summed E-state index contributed by atoms with van der Waals surface area (Å²) >= 11 is 0. The quantitative estimate of drug-likeness (QED) is 0.636. The zero-order chi connectivity index (χ0) is 21.1. The minimum atomic E-state index is -1.44. The van der Waals surface area contributed by atoms with Crippen molar-refractivity contribution in [3.63, 3.8) is 0 Å². The lowest BCUT2D eigenvalue weighted by Crippen LogP contribution is -2.42. The summed E-state index contributed by atoms with van der Waals surface area (Å²) in [6.07, 6.45) is -0.314. The Hall–Kier alpha value is -3.61. The minimum Gasteiger partial charge on any atom is -0.548 e. The van der Waals surface area contributed by atoms with E-state index in [1.807, 2.05) is 0 Å². The Morgan fingerprint density at radius 2 is 1.79 bits per heavy atom. The van der Waals surface area contributed by atoms with Crippen molar-refractivity contribution in [2.45, 2.75) is 26.3 Å². The third-order valence-electron chi connectivity index (χ3n) is 4.89. The van der Waals surface area contributed by atoms with Crippen LogP contribution in [0.1, 0.15) is 28.3 Å². The summed E-state index contributed by atoms with van der Waals surface area (Å²) < 4.78 is 10.7. The van der Waals surface area contributed by atoms with E-state index in [4.69, 9.17) is 9.15 Å². The summed E-state index contributed by atoms with van der Waals surface area (Å²) in [5.41, 5.74) is 1.58. The number of ether oxygens (including phenoxy) is 1. The standard InChI is InChI=1S/C22H21NO6/c1-12-15-9-10-17(28-3)13(2)20(15)29-22(27)16(12)11-18(24)23-19(21(25)26)14-7-5-4-6-8-14/h4-10,19H,11H2,1-3H3,(H,23,24)(H,25,26)/p-1/t19-/m1/s1. The maximum absolute atomic E-state index is 12.5. The maximum atomic E-state index is 12.5. The Bertz CT molecular complexity index is 1130. The summed E-state index contributed by atoms with van der Waals surface area (Å²) in [6.45, 7) is 3.50. The van der Waals surface area contributed by atoms with Crippen LogP contribution in [-0.4, -0.2) is 19.0 Å². The molecular formula is C22H20NO6-. The van der Waals surface area contributed by atoms with Crippen molar-refractivity contribution < 1.29 is 23.8 Å². The second kappa shape index (κ2) is 8.18. The van der Waals surface area contributed by atoms with Crippen molar-refractivity contribution in [1.29, 1.82) is 0 Å². The number of hydrogen-bond acceptors (Lipinski definition) is 6. The first-order valence-corrected chi connectivity index (χ1v) is 8.98. The Kier molecular flexibility index (Phi) is 5.68. The van der Waals surface area contributed by atoms with Gasteiger partial charge in [0.25, 0.3) is 0 Å². The molecule has 0 aliphatic rings. The average Bonchev–Trinajstić information content (AvgIpc) is 2.70. The molecule has 0 radical (unpaired) electrons. The van der Waals surface area contributed by atoms with Gasteiger partial charge in [-0.3, -0.25) is 4.79 Å². The summed E-state index contributed by atoms with van der Waals surface area (Å²) in [7, 11) is 1.53. The smallest absolute Gasteiger partial charge is 0.340 e. The number of aliphatic carboxylic acids is 1. The molecule has 0 aliphatic heterocycles. The van der Waals surface area contributed by atoms with Gasteiger partial charge in [0.05, 0.1) is 31.1 Å². The number of benzene rings is 2. The SMILES string of the molecule is COc1ccc2c(C)c(CC(=O)N[C@@H](C(=O)[O-])c3ccccc3)c(=O)oc2c1C. The molecule has 0 fully saturated rings. The van der Waals surface area contributed by atoms with Gasteiger partial charge in [-0.25, -0.2) is 4.79 Å². The first kappa shape index (κ1) is 20.1. The number of rotatable bonds is 6. The molecule has 1 aromatic heterocycles. The van der Waals surface area contributed by atoms with Crippen LogP contribution in [0, 0.1) is 13.8 Å². The van der Waals surface area contributed by atoms with Crippen LogP contribution in [0.25, 0.3) is 11.0 Å². The van der Waals surface area contributed by atoms with Gasteiger partial charge >= 0.3 is 5.63 Å². The molecule has 3 rings (SSSR count). The van der Waals surface area contributed by atoms with Crippen LogP contribution < -0.4 is 20.8 Å². The van der Waals surface area contributed by atoms with Crippen molar-refractivity contribution in [2.75, 3.05) is 7.11 Å². The molecule has 0 saturated heterocycles. The van der Waals surface area contributed by atoms with Crippen molar-refractivity contribution in [3.05, 3.63) is 75.1 Å². The highest BCUT2D eigenvalue weighted by atomic mass is 16.5. The number of hydrogen-bond donors (Lipinski definition) is 1. The molecule has 29 heavy (non-hydrogen) atoms. The zero-order valence-electron chi connectivity index (χ0n) is 16.3. The molecule has 1 N–H and O–H groups in total. The van der Waals surface area contributed by atoms with Gasteiger partial charge in [0.15, 0.2) is 0 Å². The first-order chi connectivity index (χ1) is 13.8. The number of methoxy groups -OCH3 is 1. The predicted octanol–water partition coefficient (Wildman–Crippen LogP) is 1.57. The topological polar surface area (TPSA) is 109 Å². The largest absolute Gasteiger partial charge is 0.548 e. The van der Waals surface area contributed by atoms with Gasteiger partial charge in [-0.1, -0.05) is 30.3 Å². The normalized spacial score (nSPS) is 11.8. The van der Waals surface area contributed by atoms with E-state index in [-0.39, 0.29) is 12.0 Å². The number of aryl methyl sites for hydroxylation is 2. The summed E-state index contributed by atoms with van der Waals surface area (Å²) in [5.74, 6) is -1.47. The number of amides is 1. The maximum Gasteiger partial charge on any atom is 0.340 e. The molecule has 1 atom stereocenters. The first-order valence-electron chi connectivity index (χ1n) is 8.98. The number of fused-ring (bicyclic) bond motifs is 1. The molecule has 0 unspecified atom stereocenters. The van der Waals surface area contributed by atoms with Gasteiger partial charge in [0.1, 0.15) is 11.3 Å². The third-order valence-corrected chi connectivity index (χ3v) is 4.89. The van der Waals surface area contributed by atoms with Crippen molar-refractivity contribution in [3.8, 4) is 5.75 Å². The molecule has 1 amide bonds. The van der Waals surface area contributed by atoms with Crippen molar-refractivity contribution in [2.24, 2.45) is 0 Å². The number of carboxylic acids is 1. The Morgan fingerprint density at radius 1 is 1.10 bits per heavy atom. The van der Waals surface area contributed by atoms with Crippen LogP contribution in [0.4, 0.5) is 0 Å². The predicted molar refractivity (Wildman–Crippen MR) is 105 cm³/mol. The third kappa shape index (κ3) is 3.99. The lowest BCUT2D eigenvalue weighted by molar-refractivity contribution is -0.308. The van der Waals surface area contributed by atoms with Gasteiger partial charge in [0.2, 0.25) is 5.91 Å². The molecule has 2 aromatic carbocycles. The van der Waals surface area contributed by atoms with Crippen LogP contribution >= 0.6 is 0 Å². The van der Waals surface area contributed by atoms with Crippen molar-refractivity contribution in [1.82, 2.24) is 5.32 Å². The van der Waals surface area contributed by atoms with Crippen LogP contribution in [0.2, 0.25) is 0 Å². The van der Waals surface area contributed by atoms with Crippen LogP contribution in [0.5, 0.6) is 5.75 Å². The Balaban J connectivity index is 1.92. The van der Waals surface area contributed by atoms with E-state index in [9.17, 15) is 19.5 Å². The van der Waals surface area contributed by atoms with E-state index >= 15 is 0 Å². The highest BCUT2D eigenvalue weighted by molar-refractivity contribution is 5.89. The van der Waals surface area contributed by atoms with Gasteiger partial charge in [-0.2, -0.15) is 0 Å². The molecule has 150 valence electrons. The minimum absolute atomic E-state index is 0.171. The van der Waals surface area contributed by atoms with Gasteiger partial charge in [-0.05, 0) is 37.1 Å². The van der Waals surface area contributed by atoms with Crippen LogP contribution in [-0.2, 0) is 16.0 Å². The molecule has 0 aliphatic carbocycles. The lowest BCUT2D eigenvalue weighted by Gasteiger charge is -2.20. The summed E-state index contributed by atoms with van der Waals surface area (Å²) in [5, 5.41) is 14.6. The van der Waals surface area contributed by atoms with E-state index in [1.165, 1.54) is 7.11 Å². The van der Waals surface area contributed by atoms with Crippen molar-refractivity contribution >= 4 is 22.8 Å². The van der Waals surface area contributed by atoms with E-state index in [0.29, 0.717) is 33.4 Å². The molecule has 7 nitrogen and oxygen atoms in total.